The molecule has 0 aromatic heterocycles. The van der Waals surface area contributed by atoms with Crippen molar-refractivity contribution in [3.8, 4) is 22.6 Å². The highest BCUT2D eigenvalue weighted by Crippen LogP contribution is 2.28. The number of hydrogen-bond acceptors (Lipinski definition) is 4. The minimum absolute atomic E-state index is 0.0424. The number of nitrogens with zero attached hydrogens (tertiary/aromatic N) is 1. The second kappa shape index (κ2) is 10.2. The van der Waals surface area contributed by atoms with Gasteiger partial charge in [-0.15, -0.1) is 0 Å². The van der Waals surface area contributed by atoms with Crippen molar-refractivity contribution in [2.45, 2.75) is 18.9 Å². The molecule has 1 aliphatic heterocycles. The van der Waals surface area contributed by atoms with Crippen LogP contribution in [0.3, 0.4) is 0 Å². The molecule has 3 aromatic carbocycles. The van der Waals surface area contributed by atoms with Crippen molar-refractivity contribution < 1.29 is 19.1 Å². The van der Waals surface area contributed by atoms with Crippen LogP contribution in [0.4, 0.5) is 0 Å². The maximum Gasteiger partial charge on any atom is 0.253 e. The third-order valence-corrected chi connectivity index (χ3v) is 6.00. The number of carbonyl (C=O) groups excluding carboxylic acids is 2. The van der Waals surface area contributed by atoms with Crippen LogP contribution in [-0.4, -0.2) is 50.1 Å². The van der Waals surface area contributed by atoms with Gasteiger partial charge >= 0.3 is 0 Å². The average molecular weight is 445 g/mol. The Morgan fingerprint density at radius 2 is 1.39 bits per heavy atom. The summed E-state index contributed by atoms with van der Waals surface area (Å²) >= 11 is 0. The number of nitrogens with one attached hydrogen (secondary N) is 1. The molecule has 1 fully saturated rings. The zero-order valence-electron chi connectivity index (χ0n) is 18.9. The van der Waals surface area contributed by atoms with Crippen molar-refractivity contribution in [2.24, 2.45) is 0 Å². The average Bonchev–Trinajstić information content (AvgIpc) is 2.89. The lowest BCUT2D eigenvalue weighted by atomic mass is 10.0. The third kappa shape index (κ3) is 5.17. The number of hydrogen-bond donors (Lipinski definition) is 1. The lowest BCUT2D eigenvalue weighted by Crippen LogP contribution is -2.46. The Labute approximate surface area is 194 Å². The summed E-state index contributed by atoms with van der Waals surface area (Å²) < 4.78 is 10.5. The Bertz CT molecular complexity index is 1100. The summed E-state index contributed by atoms with van der Waals surface area (Å²) in [6.07, 6.45) is 1.43. The molecule has 0 unspecified atom stereocenters. The van der Waals surface area contributed by atoms with Gasteiger partial charge in [0, 0.05) is 30.3 Å². The standard InChI is InChI=1S/C27H28N2O4/c1-32-24-13-12-22(18-25(24)33-2)27(31)29-16-14-23(15-17-29)28-26(30)21-10-8-20(9-11-21)19-6-4-3-5-7-19/h3-13,18,23H,14-17H2,1-2H3,(H,28,30). The van der Waals surface area contributed by atoms with E-state index in [1.165, 1.54) is 0 Å². The first-order valence-electron chi connectivity index (χ1n) is 11.1. The smallest absolute Gasteiger partial charge is 0.253 e. The molecular weight excluding hydrogens is 416 g/mol. The first-order chi connectivity index (χ1) is 16.1. The van der Waals surface area contributed by atoms with E-state index >= 15 is 0 Å². The second-order valence-corrected chi connectivity index (χ2v) is 8.05. The van der Waals surface area contributed by atoms with Crippen LogP contribution in [-0.2, 0) is 0 Å². The van der Waals surface area contributed by atoms with Gasteiger partial charge in [0.25, 0.3) is 11.8 Å². The molecule has 0 radical (unpaired) electrons. The lowest BCUT2D eigenvalue weighted by molar-refractivity contribution is 0.0697. The lowest BCUT2D eigenvalue weighted by Gasteiger charge is -2.32. The number of rotatable bonds is 6. The van der Waals surface area contributed by atoms with Crippen LogP contribution >= 0.6 is 0 Å². The van der Waals surface area contributed by atoms with Crippen LogP contribution in [0.15, 0.2) is 72.8 Å². The van der Waals surface area contributed by atoms with Crippen LogP contribution in [0.1, 0.15) is 33.6 Å². The number of carbonyl (C=O) groups is 2. The largest absolute Gasteiger partial charge is 0.493 e. The molecule has 2 amide bonds. The van der Waals surface area contributed by atoms with E-state index < -0.39 is 0 Å². The fourth-order valence-corrected chi connectivity index (χ4v) is 4.09. The molecule has 1 heterocycles. The highest BCUT2D eigenvalue weighted by Gasteiger charge is 2.25. The quantitative estimate of drug-likeness (QED) is 0.612. The zero-order chi connectivity index (χ0) is 23.2. The van der Waals surface area contributed by atoms with Crippen LogP contribution in [0.2, 0.25) is 0 Å². The number of likely N-dealkylation sites (tertiary alicyclic amines) is 1. The molecular formula is C27H28N2O4. The van der Waals surface area contributed by atoms with E-state index in [9.17, 15) is 9.59 Å². The molecule has 0 spiro atoms. The summed E-state index contributed by atoms with van der Waals surface area (Å²) in [5, 5.41) is 3.11. The minimum Gasteiger partial charge on any atom is -0.493 e. The van der Waals surface area contributed by atoms with Gasteiger partial charge < -0.3 is 19.7 Å². The molecule has 0 aliphatic carbocycles. The Morgan fingerprint density at radius 1 is 0.788 bits per heavy atom. The van der Waals surface area contributed by atoms with Crippen molar-refractivity contribution in [3.05, 3.63) is 83.9 Å². The fourth-order valence-electron chi connectivity index (χ4n) is 4.09. The predicted molar refractivity (Wildman–Crippen MR) is 128 cm³/mol. The van der Waals surface area contributed by atoms with Gasteiger partial charge in [-0.25, -0.2) is 0 Å². The van der Waals surface area contributed by atoms with E-state index in [1.54, 1.807) is 32.4 Å². The maximum absolute atomic E-state index is 12.9. The molecule has 1 saturated heterocycles. The van der Waals surface area contributed by atoms with Crippen LogP contribution in [0.25, 0.3) is 11.1 Å². The Hall–Kier alpha value is -3.80. The first-order valence-corrected chi connectivity index (χ1v) is 11.1. The van der Waals surface area contributed by atoms with Crippen molar-refractivity contribution in [1.82, 2.24) is 10.2 Å². The number of ether oxygens (including phenoxy) is 2. The third-order valence-electron chi connectivity index (χ3n) is 6.00. The molecule has 0 atom stereocenters. The normalized spacial score (nSPS) is 13.9. The van der Waals surface area contributed by atoms with E-state index in [0.29, 0.717) is 48.6 Å². The fraction of sp³-hybridized carbons (Fsp3) is 0.259. The van der Waals surface area contributed by atoms with Gasteiger partial charge in [0.15, 0.2) is 11.5 Å². The number of amides is 2. The number of piperidine rings is 1. The Balaban J connectivity index is 1.32. The van der Waals surface area contributed by atoms with E-state index in [2.05, 4.69) is 5.32 Å². The maximum atomic E-state index is 12.9. The van der Waals surface area contributed by atoms with Crippen LogP contribution in [0.5, 0.6) is 11.5 Å². The zero-order valence-corrected chi connectivity index (χ0v) is 18.9. The van der Waals surface area contributed by atoms with Crippen LogP contribution in [0, 0.1) is 0 Å². The molecule has 6 nitrogen and oxygen atoms in total. The minimum atomic E-state index is -0.0840. The summed E-state index contributed by atoms with van der Waals surface area (Å²) in [6, 6.07) is 22.9. The molecule has 0 saturated carbocycles. The molecule has 4 rings (SSSR count). The van der Waals surface area contributed by atoms with Gasteiger partial charge in [0.1, 0.15) is 0 Å². The number of methoxy groups -OCH3 is 2. The van der Waals surface area contributed by atoms with E-state index in [-0.39, 0.29) is 17.9 Å². The summed E-state index contributed by atoms with van der Waals surface area (Å²) in [7, 11) is 3.12. The van der Waals surface area contributed by atoms with Crippen molar-refractivity contribution >= 4 is 11.8 Å². The highest BCUT2D eigenvalue weighted by molar-refractivity contribution is 5.96. The summed E-state index contributed by atoms with van der Waals surface area (Å²) in [4.78, 5) is 27.4. The topological polar surface area (TPSA) is 67.9 Å². The molecule has 1 aliphatic rings. The predicted octanol–water partition coefficient (Wildman–Crippen LogP) is 4.41. The van der Waals surface area contributed by atoms with Gasteiger partial charge in [-0.05, 0) is 54.3 Å². The van der Waals surface area contributed by atoms with Gasteiger partial charge in [-0.3, -0.25) is 9.59 Å². The van der Waals surface area contributed by atoms with E-state index in [0.717, 1.165) is 11.1 Å². The molecule has 1 N–H and O–H groups in total. The number of benzene rings is 3. The highest BCUT2D eigenvalue weighted by atomic mass is 16.5. The Morgan fingerprint density at radius 3 is 2.03 bits per heavy atom. The van der Waals surface area contributed by atoms with Gasteiger partial charge in [-0.2, -0.15) is 0 Å². The summed E-state index contributed by atoms with van der Waals surface area (Å²) in [6.45, 7) is 1.18. The molecule has 6 heteroatoms. The van der Waals surface area contributed by atoms with Gasteiger partial charge in [-0.1, -0.05) is 42.5 Å². The first kappa shape index (κ1) is 22.4. The van der Waals surface area contributed by atoms with Crippen molar-refractivity contribution in [2.75, 3.05) is 27.3 Å². The van der Waals surface area contributed by atoms with Crippen molar-refractivity contribution in [3.63, 3.8) is 0 Å². The van der Waals surface area contributed by atoms with E-state index in [4.69, 9.17) is 9.47 Å². The monoisotopic (exact) mass is 444 g/mol. The molecule has 3 aromatic rings. The van der Waals surface area contributed by atoms with Crippen LogP contribution < -0.4 is 14.8 Å². The second-order valence-electron chi connectivity index (χ2n) is 8.05. The summed E-state index contributed by atoms with van der Waals surface area (Å²) in [5.41, 5.74) is 3.40. The molecule has 33 heavy (non-hydrogen) atoms. The van der Waals surface area contributed by atoms with Gasteiger partial charge in [0.05, 0.1) is 14.2 Å². The van der Waals surface area contributed by atoms with E-state index in [1.807, 2.05) is 59.5 Å². The Kier molecular flexibility index (Phi) is 6.93. The van der Waals surface area contributed by atoms with Crippen molar-refractivity contribution in [1.29, 1.82) is 0 Å². The SMILES string of the molecule is COc1ccc(C(=O)N2CCC(NC(=O)c3ccc(-c4ccccc4)cc3)CC2)cc1OC. The van der Waals surface area contributed by atoms with Gasteiger partial charge in [0.2, 0.25) is 0 Å². The molecule has 0 bridgehead atoms. The summed E-state index contributed by atoms with van der Waals surface area (Å²) in [5.74, 6) is 0.993. The molecule has 170 valence electrons.